The van der Waals surface area contributed by atoms with Gasteiger partial charge in [-0.3, -0.25) is 10.1 Å². The Bertz CT molecular complexity index is 628. The number of hydrogen-bond acceptors (Lipinski definition) is 4. The molecule has 2 N–H and O–H groups in total. The fraction of sp³-hybridized carbons (Fsp3) is 0.250. The van der Waals surface area contributed by atoms with Gasteiger partial charge < -0.3 is 10.5 Å². The largest absolute Gasteiger partial charge is 0.488 e. The van der Waals surface area contributed by atoms with E-state index in [0.29, 0.717) is 11.3 Å². The zero-order valence-corrected chi connectivity index (χ0v) is 11.9. The highest BCUT2D eigenvalue weighted by Gasteiger charge is 2.14. The van der Waals surface area contributed by atoms with Gasteiger partial charge in [-0.25, -0.2) is 0 Å². The molecule has 0 saturated heterocycles. The molecule has 0 aliphatic heterocycles. The maximum Gasteiger partial charge on any atom is 0.276 e. The highest BCUT2D eigenvalue weighted by atomic mass is 16.6. The first-order chi connectivity index (χ1) is 10.1. The predicted molar refractivity (Wildman–Crippen MR) is 81.1 cm³/mol. The number of nitro groups is 1. The highest BCUT2D eigenvalue weighted by Crippen LogP contribution is 2.27. The van der Waals surface area contributed by atoms with E-state index in [0.717, 1.165) is 12.0 Å². The number of ether oxygens (including phenoxy) is 1. The van der Waals surface area contributed by atoms with Crippen molar-refractivity contribution in [1.82, 2.24) is 0 Å². The van der Waals surface area contributed by atoms with Gasteiger partial charge in [-0.1, -0.05) is 37.3 Å². The lowest BCUT2D eigenvalue weighted by molar-refractivity contribution is -0.385. The molecule has 110 valence electrons. The van der Waals surface area contributed by atoms with Crippen molar-refractivity contribution in [3.63, 3.8) is 0 Å². The van der Waals surface area contributed by atoms with Crippen LogP contribution in [0.3, 0.4) is 0 Å². The molecular weight excluding hydrogens is 268 g/mol. The topological polar surface area (TPSA) is 78.4 Å². The second kappa shape index (κ2) is 6.85. The summed E-state index contributed by atoms with van der Waals surface area (Å²) in [6.45, 7) is 2.15. The van der Waals surface area contributed by atoms with Gasteiger partial charge in [0.25, 0.3) is 5.69 Å². The molecule has 0 fully saturated rings. The van der Waals surface area contributed by atoms with Gasteiger partial charge in [0, 0.05) is 17.7 Å². The first kappa shape index (κ1) is 15.0. The first-order valence-corrected chi connectivity index (χ1v) is 6.83. The molecule has 0 unspecified atom stereocenters. The van der Waals surface area contributed by atoms with Crippen LogP contribution in [0.2, 0.25) is 0 Å². The van der Waals surface area contributed by atoms with Gasteiger partial charge >= 0.3 is 0 Å². The van der Waals surface area contributed by atoms with Crippen LogP contribution in [0.1, 0.15) is 30.5 Å². The van der Waals surface area contributed by atoms with Crippen molar-refractivity contribution in [2.75, 3.05) is 0 Å². The first-order valence-electron chi connectivity index (χ1n) is 6.83. The van der Waals surface area contributed by atoms with Crippen molar-refractivity contribution in [3.8, 4) is 5.75 Å². The zero-order chi connectivity index (χ0) is 15.2. The molecule has 0 aliphatic rings. The Morgan fingerprint density at radius 1 is 1.19 bits per heavy atom. The van der Waals surface area contributed by atoms with Crippen molar-refractivity contribution in [3.05, 3.63) is 69.8 Å². The Morgan fingerprint density at radius 2 is 1.86 bits per heavy atom. The quantitative estimate of drug-likeness (QED) is 0.650. The van der Waals surface area contributed by atoms with Crippen LogP contribution in [0, 0.1) is 10.1 Å². The smallest absolute Gasteiger partial charge is 0.276 e. The number of nitrogens with two attached hydrogens (primary N) is 1. The minimum Gasteiger partial charge on any atom is -0.488 e. The van der Waals surface area contributed by atoms with E-state index in [2.05, 4.69) is 0 Å². The maximum atomic E-state index is 11.0. The van der Waals surface area contributed by atoms with E-state index in [1.165, 1.54) is 6.07 Å². The van der Waals surface area contributed by atoms with Gasteiger partial charge in [0.2, 0.25) is 0 Å². The third-order valence-corrected chi connectivity index (χ3v) is 3.33. The summed E-state index contributed by atoms with van der Waals surface area (Å²) >= 11 is 0. The van der Waals surface area contributed by atoms with E-state index in [1.807, 2.05) is 31.2 Å². The van der Waals surface area contributed by atoms with Crippen LogP contribution in [0.25, 0.3) is 0 Å². The van der Waals surface area contributed by atoms with E-state index < -0.39 is 4.92 Å². The normalized spacial score (nSPS) is 11.9. The predicted octanol–water partition coefficient (Wildman–Crippen LogP) is 3.58. The van der Waals surface area contributed by atoms with E-state index in [-0.39, 0.29) is 18.3 Å². The lowest BCUT2D eigenvalue weighted by atomic mass is 10.0. The maximum absolute atomic E-state index is 11.0. The van der Waals surface area contributed by atoms with Crippen molar-refractivity contribution in [2.45, 2.75) is 26.0 Å². The second-order valence-electron chi connectivity index (χ2n) is 4.73. The SMILES string of the molecule is CC[C@H](N)c1ccccc1OCc1ccccc1[N+](=O)[O-]. The molecule has 2 aromatic carbocycles. The van der Waals surface area contributed by atoms with Crippen LogP contribution in [-0.2, 0) is 6.61 Å². The van der Waals surface area contributed by atoms with Gasteiger partial charge in [0.1, 0.15) is 12.4 Å². The number of nitro benzene ring substituents is 1. The van der Waals surface area contributed by atoms with Crippen molar-refractivity contribution in [2.24, 2.45) is 5.73 Å². The number of hydrogen-bond donors (Lipinski definition) is 1. The molecule has 0 heterocycles. The number of rotatable bonds is 6. The molecule has 21 heavy (non-hydrogen) atoms. The van der Waals surface area contributed by atoms with Crippen molar-refractivity contribution in [1.29, 1.82) is 0 Å². The Morgan fingerprint density at radius 3 is 2.57 bits per heavy atom. The molecule has 0 spiro atoms. The van der Waals surface area contributed by atoms with E-state index in [9.17, 15) is 10.1 Å². The molecule has 2 aromatic rings. The van der Waals surface area contributed by atoms with Crippen LogP contribution in [-0.4, -0.2) is 4.92 Å². The lowest BCUT2D eigenvalue weighted by Gasteiger charge is -2.15. The fourth-order valence-electron chi connectivity index (χ4n) is 2.10. The van der Waals surface area contributed by atoms with Crippen molar-refractivity contribution < 1.29 is 9.66 Å². The third-order valence-electron chi connectivity index (χ3n) is 3.33. The van der Waals surface area contributed by atoms with E-state index in [4.69, 9.17) is 10.5 Å². The summed E-state index contributed by atoms with van der Waals surface area (Å²) in [7, 11) is 0. The summed E-state index contributed by atoms with van der Waals surface area (Å²) in [4.78, 5) is 10.6. The number of benzene rings is 2. The summed E-state index contributed by atoms with van der Waals surface area (Å²) in [6, 6.07) is 14.0. The summed E-state index contributed by atoms with van der Waals surface area (Å²) in [5, 5.41) is 11.0. The molecule has 1 atom stereocenters. The summed E-state index contributed by atoms with van der Waals surface area (Å²) in [5.41, 5.74) is 7.58. The van der Waals surface area contributed by atoms with Gasteiger partial charge in [0.05, 0.1) is 10.5 Å². The van der Waals surface area contributed by atoms with E-state index >= 15 is 0 Å². The standard InChI is InChI=1S/C16H18N2O3/c1-2-14(17)13-8-4-6-10-16(13)21-11-12-7-3-5-9-15(12)18(19)20/h3-10,14H,2,11,17H2,1H3/t14-/m0/s1. The van der Waals surface area contributed by atoms with Gasteiger partial charge in [0.15, 0.2) is 0 Å². The third kappa shape index (κ3) is 3.58. The Hall–Kier alpha value is -2.40. The van der Waals surface area contributed by atoms with E-state index in [1.54, 1.807) is 18.2 Å². The minimum atomic E-state index is -0.400. The average molecular weight is 286 g/mol. The summed E-state index contributed by atoms with van der Waals surface area (Å²) < 4.78 is 5.75. The van der Waals surface area contributed by atoms with Gasteiger partial charge in [-0.05, 0) is 18.6 Å². The van der Waals surface area contributed by atoms with Gasteiger partial charge in [-0.2, -0.15) is 0 Å². The summed E-state index contributed by atoms with van der Waals surface area (Å²) in [5.74, 6) is 0.671. The molecule has 0 saturated carbocycles. The van der Waals surface area contributed by atoms with Crippen LogP contribution >= 0.6 is 0 Å². The van der Waals surface area contributed by atoms with Crippen molar-refractivity contribution >= 4 is 5.69 Å². The second-order valence-corrected chi connectivity index (χ2v) is 4.73. The average Bonchev–Trinajstić information content (AvgIpc) is 2.52. The Balaban J connectivity index is 2.19. The summed E-state index contributed by atoms with van der Waals surface area (Å²) in [6.07, 6.45) is 0.797. The lowest BCUT2D eigenvalue weighted by Crippen LogP contribution is -2.11. The molecule has 5 nitrogen and oxygen atoms in total. The van der Waals surface area contributed by atoms with Gasteiger partial charge in [-0.15, -0.1) is 0 Å². The van der Waals surface area contributed by atoms with Crippen LogP contribution in [0.5, 0.6) is 5.75 Å². The Labute approximate surface area is 123 Å². The molecule has 0 aromatic heterocycles. The molecule has 5 heteroatoms. The van der Waals surface area contributed by atoms with Crippen LogP contribution < -0.4 is 10.5 Å². The molecule has 0 amide bonds. The molecule has 0 aliphatic carbocycles. The Kier molecular flexibility index (Phi) is 4.90. The van der Waals surface area contributed by atoms with Crippen LogP contribution in [0.15, 0.2) is 48.5 Å². The minimum absolute atomic E-state index is 0.0646. The fourth-order valence-corrected chi connectivity index (χ4v) is 2.10. The molecule has 0 radical (unpaired) electrons. The molecule has 0 bridgehead atoms. The number of nitrogens with zero attached hydrogens (tertiary/aromatic N) is 1. The molecule has 2 rings (SSSR count). The highest BCUT2D eigenvalue weighted by molar-refractivity contribution is 5.40. The van der Waals surface area contributed by atoms with Crippen LogP contribution in [0.4, 0.5) is 5.69 Å². The number of para-hydroxylation sites is 2. The zero-order valence-electron chi connectivity index (χ0n) is 11.9. The molecular formula is C16H18N2O3. The monoisotopic (exact) mass is 286 g/mol.